The van der Waals surface area contributed by atoms with Crippen molar-refractivity contribution in [3.63, 3.8) is 0 Å². The molecule has 64 valence electrons. The van der Waals surface area contributed by atoms with Crippen LogP contribution in [0.3, 0.4) is 0 Å². The second-order valence-corrected chi connectivity index (χ2v) is 2.42. The van der Waals surface area contributed by atoms with Gasteiger partial charge in [-0.25, -0.2) is 0 Å². The number of anilines is 1. The van der Waals surface area contributed by atoms with Crippen LogP contribution in [0.15, 0.2) is 18.2 Å². The molecule has 0 amide bonds. The van der Waals surface area contributed by atoms with Crippen molar-refractivity contribution in [2.24, 2.45) is 5.84 Å². The molecule has 0 fully saturated rings. The number of rotatable bonds is 2. The van der Waals surface area contributed by atoms with Crippen molar-refractivity contribution in [3.8, 4) is 0 Å². The van der Waals surface area contributed by atoms with Crippen molar-refractivity contribution in [1.29, 1.82) is 0 Å². The third kappa shape index (κ3) is 1.51. The Morgan fingerprint density at radius 2 is 2.25 bits per heavy atom. The third-order valence-electron chi connectivity index (χ3n) is 1.50. The predicted octanol–water partition coefficient (Wildman–Crippen LogP) is 1.19. The highest BCUT2D eigenvalue weighted by molar-refractivity contribution is 5.61. The number of nitro benzene ring substituents is 1. The van der Waals surface area contributed by atoms with Crippen LogP contribution >= 0.6 is 0 Å². The van der Waals surface area contributed by atoms with Crippen molar-refractivity contribution in [1.82, 2.24) is 0 Å². The lowest BCUT2D eigenvalue weighted by molar-refractivity contribution is -0.384. The molecule has 5 nitrogen and oxygen atoms in total. The van der Waals surface area contributed by atoms with Gasteiger partial charge in [-0.15, -0.1) is 0 Å². The van der Waals surface area contributed by atoms with Gasteiger partial charge in [-0.2, -0.15) is 0 Å². The van der Waals surface area contributed by atoms with Crippen LogP contribution in [0, 0.1) is 17.0 Å². The van der Waals surface area contributed by atoms with E-state index in [1.807, 2.05) is 6.92 Å². The maximum absolute atomic E-state index is 10.4. The molecular formula is C7H9N3O2. The average molecular weight is 167 g/mol. The largest absolute Gasteiger partial charge is 0.318 e. The Balaban J connectivity index is 3.20. The van der Waals surface area contributed by atoms with Gasteiger partial charge in [0.25, 0.3) is 5.69 Å². The van der Waals surface area contributed by atoms with E-state index < -0.39 is 4.92 Å². The second-order valence-electron chi connectivity index (χ2n) is 2.42. The molecule has 1 aromatic carbocycles. The van der Waals surface area contributed by atoms with E-state index in [0.717, 1.165) is 5.56 Å². The first-order valence-corrected chi connectivity index (χ1v) is 3.37. The van der Waals surface area contributed by atoms with Crippen LogP contribution in [0.25, 0.3) is 0 Å². The number of nitrogens with two attached hydrogens (primary N) is 1. The van der Waals surface area contributed by atoms with Crippen LogP contribution in [0.1, 0.15) is 5.56 Å². The van der Waals surface area contributed by atoms with E-state index in [2.05, 4.69) is 5.43 Å². The van der Waals surface area contributed by atoms with Crippen molar-refractivity contribution in [2.45, 2.75) is 6.92 Å². The average Bonchev–Trinajstić information content (AvgIpc) is 2.03. The lowest BCUT2D eigenvalue weighted by atomic mass is 10.2. The highest BCUT2D eigenvalue weighted by Crippen LogP contribution is 2.23. The molecular weight excluding hydrogens is 158 g/mol. The van der Waals surface area contributed by atoms with Crippen LogP contribution in [0.2, 0.25) is 0 Å². The lowest BCUT2D eigenvalue weighted by Crippen LogP contribution is -2.09. The minimum atomic E-state index is -0.478. The summed E-state index contributed by atoms with van der Waals surface area (Å²) in [5.41, 5.74) is 3.52. The summed E-state index contributed by atoms with van der Waals surface area (Å²) in [4.78, 5) is 9.92. The summed E-state index contributed by atoms with van der Waals surface area (Å²) in [5, 5.41) is 10.4. The molecule has 3 N–H and O–H groups in total. The molecule has 0 atom stereocenters. The Hall–Kier alpha value is -1.62. The van der Waals surface area contributed by atoms with Gasteiger partial charge in [0.05, 0.1) is 4.92 Å². The number of nitrogens with one attached hydrogen (secondary N) is 1. The van der Waals surface area contributed by atoms with Crippen molar-refractivity contribution < 1.29 is 4.92 Å². The van der Waals surface area contributed by atoms with Gasteiger partial charge in [-0.3, -0.25) is 16.0 Å². The van der Waals surface area contributed by atoms with Gasteiger partial charge in [0.1, 0.15) is 5.69 Å². The Morgan fingerprint density at radius 1 is 1.58 bits per heavy atom. The maximum atomic E-state index is 10.4. The van der Waals surface area contributed by atoms with Gasteiger partial charge in [0.15, 0.2) is 0 Å². The molecule has 1 rings (SSSR count). The molecule has 0 saturated carbocycles. The molecule has 0 aliphatic heterocycles. The zero-order valence-corrected chi connectivity index (χ0v) is 6.57. The molecule has 0 heterocycles. The summed E-state index contributed by atoms with van der Waals surface area (Å²) in [5.74, 6) is 5.10. The van der Waals surface area contributed by atoms with Crippen LogP contribution in [0.5, 0.6) is 0 Å². The Labute approximate surface area is 69.3 Å². The molecule has 0 aliphatic rings. The predicted molar refractivity (Wildman–Crippen MR) is 45.6 cm³/mol. The molecule has 0 aliphatic carbocycles. The number of nitrogen functional groups attached to an aromatic ring is 1. The summed E-state index contributed by atoms with van der Waals surface area (Å²) < 4.78 is 0. The zero-order chi connectivity index (χ0) is 9.14. The molecule has 12 heavy (non-hydrogen) atoms. The first-order chi connectivity index (χ1) is 5.65. The molecule has 0 aromatic heterocycles. The number of nitrogens with zero attached hydrogens (tertiary/aromatic N) is 1. The zero-order valence-electron chi connectivity index (χ0n) is 6.57. The SMILES string of the molecule is Cc1ccc([N+](=O)[O-])c(NN)c1. The van der Waals surface area contributed by atoms with Gasteiger partial charge < -0.3 is 5.43 Å². The number of hydrogen-bond donors (Lipinski definition) is 2. The summed E-state index contributed by atoms with van der Waals surface area (Å²) in [6, 6.07) is 4.71. The molecule has 1 aromatic rings. The number of nitro groups is 1. The highest BCUT2D eigenvalue weighted by atomic mass is 16.6. The number of aryl methyl sites for hydroxylation is 1. The summed E-state index contributed by atoms with van der Waals surface area (Å²) in [6.07, 6.45) is 0. The number of benzene rings is 1. The number of hydrogen-bond acceptors (Lipinski definition) is 4. The first-order valence-electron chi connectivity index (χ1n) is 3.37. The van der Waals surface area contributed by atoms with Gasteiger partial charge in [0.2, 0.25) is 0 Å². The van der Waals surface area contributed by atoms with Crippen LogP contribution < -0.4 is 11.3 Å². The quantitative estimate of drug-likeness (QED) is 0.394. The van der Waals surface area contributed by atoms with Gasteiger partial charge in [-0.05, 0) is 18.6 Å². The maximum Gasteiger partial charge on any atom is 0.293 e. The molecule has 0 saturated heterocycles. The Morgan fingerprint density at radius 3 is 2.75 bits per heavy atom. The minimum absolute atomic E-state index is 0.0110. The fourth-order valence-corrected chi connectivity index (χ4v) is 0.925. The fraction of sp³-hybridized carbons (Fsp3) is 0.143. The van der Waals surface area contributed by atoms with E-state index in [1.165, 1.54) is 6.07 Å². The van der Waals surface area contributed by atoms with E-state index in [9.17, 15) is 10.1 Å². The van der Waals surface area contributed by atoms with E-state index in [1.54, 1.807) is 12.1 Å². The molecule has 5 heteroatoms. The smallest absolute Gasteiger partial charge is 0.293 e. The van der Waals surface area contributed by atoms with Gasteiger partial charge in [-0.1, -0.05) is 6.07 Å². The summed E-state index contributed by atoms with van der Waals surface area (Å²) in [6.45, 7) is 1.84. The lowest BCUT2D eigenvalue weighted by Gasteiger charge is -2.01. The Kier molecular flexibility index (Phi) is 2.25. The van der Waals surface area contributed by atoms with Crippen LogP contribution in [-0.4, -0.2) is 4.92 Å². The molecule has 0 spiro atoms. The van der Waals surface area contributed by atoms with Crippen molar-refractivity contribution in [3.05, 3.63) is 33.9 Å². The van der Waals surface area contributed by atoms with E-state index >= 15 is 0 Å². The normalized spacial score (nSPS) is 9.50. The Bertz CT molecular complexity index is 312. The topological polar surface area (TPSA) is 81.2 Å². The first kappa shape index (κ1) is 8.48. The monoisotopic (exact) mass is 167 g/mol. The summed E-state index contributed by atoms with van der Waals surface area (Å²) in [7, 11) is 0. The highest BCUT2D eigenvalue weighted by Gasteiger charge is 2.11. The van der Waals surface area contributed by atoms with E-state index in [-0.39, 0.29) is 5.69 Å². The minimum Gasteiger partial charge on any atom is -0.318 e. The standard InChI is InChI=1S/C7H9N3O2/c1-5-2-3-7(10(11)12)6(4-5)9-8/h2-4,9H,8H2,1H3. The number of hydrazine groups is 1. The molecule has 0 radical (unpaired) electrons. The van der Waals surface area contributed by atoms with Crippen LogP contribution in [0.4, 0.5) is 11.4 Å². The van der Waals surface area contributed by atoms with E-state index in [0.29, 0.717) is 5.69 Å². The van der Waals surface area contributed by atoms with Crippen LogP contribution in [-0.2, 0) is 0 Å². The van der Waals surface area contributed by atoms with Crippen molar-refractivity contribution >= 4 is 11.4 Å². The second kappa shape index (κ2) is 3.19. The molecule has 0 unspecified atom stereocenters. The fourth-order valence-electron chi connectivity index (χ4n) is 0.925. The summed E-state index contributed by atoms with van der Waals surface area (Å²) >= 11 is 0. The van der Waals surface area contributed by atoms with Gasteiger partial charge in [0, 0.05) is 6.07 Å². The van der Waals surface area contributed by atoms with Crippen molar-refractivity contribution in [2.75, 3.05) is 5.43 Å². The van der Waals surface area contributed by atoms with E-state index in [4.69, 9.17) is 5.84 Å². The third-order valence-corrected chi connectivity index (χ3v) is 1.50. The van der Waals surface area contributed by atoms with Gasteiger partial charge >= 0.3 is 0 Å². The molecule has 0 bridgehead atoms.